The van der Waals surface area contributed by atoms with Gasteiger partial charge in [-0.25, -0.2) is 14.4 Å². The number of benzene rings is 1. The number of methoxy groups -OCH3 is 1. The van der Waals surface area contributed by atoms with Crippen molar-refractivity contribution in [2.75, 3.05) is 7.11 Å². The summed E-state index contributed by atoms with van der Waals surface area (Å²) in [6.07, 6.45) is 9.25. The molecule has 0 aliphatic heterocycles. The molecule has 0 aliphatic rings. The van der Waals surface area contributed by atoms with E-state index in [0.29, 0.717) is 21.7 Å². The molecule has 0 saturated carbocycles. The van der Waals surface area contributed by atoms with E-state index in [-0.39, 0.29) is 5.75 Å². The van der Waals surface area contributed by atoms with Crippen LogP contribution in [-0.2, 0) is 6.42 Å². The Balaban J connectivity index is 2.00. The fourth-order valence-electron chi connectivity index (χ4n) is 2.83. The van der Waals surface area contributed by atoms with Gasteiger partial charge in [-0.1, -0.05) is 68.7 Å². The molecular formula is C20H25Cl2FN2O. The smallest absolute Gasteiger partial charge is 0.165 e. The van der Waals surface area contributed by atoms with Crippen LogP contribution in [0.1, 0.15) is 57.4 Å². The zero-order valence-electron chi connectivity index (χ0n) is 15.3. The van der Waals surface area contributed by atoms with Gasteiger partial charge in [0.05, 0.1) is 7.11 Å². The molecule has 142 valence electrons. The highest BCUT2D eigenvalue weighted by Crippen LogP contribution is 2.29. The first-order valence-electron chi connectivity index (χ1n) is 9.12. The minimum Gasteiger partial charge on any atom is -0.494 e. The quantitative estimate of drug-likeness (QED) is 0.322. The van der Waals surface area contributed by atoms with Crippen LogP contribution < -0.4 is 4.74 Å². The molecule has 1 aromatic carbocycles. The van der Waals surface area contributed by atoms with Crippen molar-refractivity contribution in [2.45, 2.75) is 58.3 Å². The van der Waals surface area contributed by atoms with Crippen molar-refractivity contribution in [2.24, 2.45) is 0 Å². The summed E-state index contributed by atoms with van der Waals surface area (Å²) in [4.78, 5) is 8.61. The minimum atomic E-state index is -0.479. The van der Waals surface area contributed by atoms with E-state index in [9.17, 15) is 4.39 Å². The molecule has 0 amide bonds. The molecule has 6 heteroatoms. The molecule has 2 aromatic rings. The van der Waals surface area contributed by atoms with Crippen molar-refractivity contribution >= 4 is 23.2 Å². The van der Waals surface area contributed by atoms with Crippen molar-refractivity contribution in [1.82, 2.24) is 9.97 Å². The normalized spacial score (nSPS) is 11.0. The number of hydrogen-bond acceptors (Lipinski definition) is 3. The van der Waals surface area contributed by atoms with Crippen LogP contribution in [0.15, 0.2) is 18.2 Å². The molecular weight excluding hydrogens is 374 g/mol. The molecule has 26 heavy (non-hydrogen) atoms. The Morgan fingerprint density at radius 1 is 0.962 bits per heavy atom. The number of rotatable bonds is 10. The Labute approximate surface area is 164 Å². The summed E-state index contributed by atoms with van der Waals surface area (Å²) in [5.41, 5.74) is 1.27. The second-order valence-electron chi connectivity index (χ2n) is 6.33. The number of unbranched alkanes of at least 4 members (excludes halogenated alkanes) is 6. The van der Waals surface area contributed by atoms with Gasteiger partial charge < -0.3 is 4.74 Å². The maximum Gasteiger partial charge on any atom is 0.165 e. The molecule has 1 aromatic heterocycles. The molecule has 0 saturated heterocycles. The largest absolute Gasteiger partial charge is 0.494 e. The van der Waals surface area contributed by atoms with Gasteiger partial charge >= 0.3 is 0 Å². The van der Waals surface area contributed by atoms with Crippen LogP contribution in [0, 0.1) is 5.82 Å². The molecule has 0 spiro atoms. The van der Waals surface area contributed by atoms with Gasteiger partial charge in [0.2, 0.25) is 0 Å². The van der Waals surface area contributed by atoms with Crippen molar-refractivity contribution < 1.29 is 9.13 Å². The molecule has 0 aliphatic carbocycles. The topological polar surface area (TPSA) is 35.0 Å². The van der Waals surface area contributed by atoms with E-state index in [1.54, 1.807) is 6.07 Å². The maximum atomic E-state index is 13.9. The van der Waals surface area contributed by atoms with Gasteiger partial charge in [0.25, 0.3) is 0 Å². The summed E-state index contributed by atoms with van der Waals surface area (Å²) in [5.74, 6) is -0.000589. The number of halogens is 3. The lowest BCUT2D eigenvalue weighted by Crippen LogP contribution is -1.99. The monoisotopic (exact) mass is 398 g/mol. The average molecular weight is 399 g/mol. The summed E-state index contributed by atoms with van der Waals surface area (Å²) >= 11 is 12.6. The van der Waals surface area contributed by atoms with Crippen LogP contribution >= 0.6 is 23.2 Å². The first-order chi connectivity index (χ1) is 12.6. The molecule has 0 fully saturated rings. The molecule has 0 atom stereocenters. The summed E-state index contributed by atoms with van der Waals surface area (Å²) < 4.78 is 18.8. The van der Waals surface area contributed by atoms with E-state index < -0.39 is 5.82 Å². The maximum absolute atomic E-state index is 13.9. The molecule has 3 nitrogen and oxygen atoms in total. The molecule has 1 heterocycles. The van der Waals surface area contributed by atoms with Gasteiger partial charge in [0, 0.05) is 11.1 Å². The molecule has 0 radical (unpaired) electrons. The van der Waals surface area contributed by atoms with E-state index in [0.717, 1.165) is 24.8 Å². The Morgan fingerprint density at radius 2 is 1.58 bits per heavy atom. The molecule has 2 rings (SSSR count). The SMILES string of the molecule is CCCCCCCCCc1c(Cl)nc(-c2ccc(OC)c(F)c2)nc1Cl. The van der Waals surface area contributed by atoms with Crippen molar-refractivity contribution in [3.05, 3.63) is 39.9 Å². The summed E-state index contributed by atoms with van der Waals surface area (Å²) in [6.45, 7) is 2.22. The lowest BCUT2D eigenvalue weighted by Gasteiger charge is -2.09. The highest BCUT2D eigenvalue weighted by molar-refractivity contribution is 6.34. The van der Waals surface area contributed by atoms with E-state index in [2.05, 4.69) is 16.9 Å². The third-order valence-corrected chi connectivity index (χ3v) is 4.97. The van der Waals surface area contributed by atoms with Gasteiger partial charge in [-0.15, -0.1) is 0 Å². The highest BCUT2D eigenvalue weighted by Gasteiger charge is 2.14. The van der Waals surface area contributed by atoms with Gasteiger partial charge in [-0.3, -0.25) is 0 Å². The second-order valence-corrected chi connectivity index (χ2v) is 7.04. The van der Waals surface area contributed by atoms with Crippen molar-refractivity contribution in [1.29, 1.82) is 0 Å². The molecule has 0 bridgehead atoms. The number of ether oxygens (including phenoxy) is 1. The van der Waals surface area contributed by atoms with Crippen LogP contribution in [0.5, 0.6) is 5.75 Å². The lowest BCUT2D eigenvalue weighted by atomic mass is 10.1. The van der Waals surface area contributed by atoms with Gasteiger partial charge in [0.15, 0.2) is 17.4 Å². The third kappa shape index (κ3) is 5.82. The summed E-state index contributed by atoms with van der Waals surface area (Å²) in [5, 5.41) is 0.671. The summed E-state index contributed by atoms with van der Waals surface area (Å²) in [7, 11) is 1.42. The number of nitrogens with zero attached hydrogens (tertiary/aromatic N) is 2. The van der Waals surface area contributed by atoms with Crippen LogP contribution in [0.25, 0.3) is 11.4 Å². The molecule has 0 unspecified atom stereocenters. The van der Waals surface area contributed by atoms with Gasteiger partial charge in [-0.05, 0) is 31.0 Å². The predicted molar refractivity (Wildman–Crippen MR) is 106 cm³/mol. The first kappa shape index (κ1) is 20.9. The van der Waals surface area contributed by atoms with Gasteiger partial charge in [0.1, 0.15) is 10.3 Å². The number of hydrogen-bond donors (Lipinski definition) is 0. The van der Waals surface area contributed by atoms with E-state index in [1.165, 1.54) is 51.3 Å². The summed E-state index contributed by atoms with van der Waals surface area (Å²) in [6, 6.07) is 4.53. The lowest BCUT2D eigenvalue weighted by molar-refractivity contribution is 0.386. The minimum absolute atomic E-state index is 0.168. The fraction of sp³-hybridized carbons (Fsp3) is 0.500. The Bertz CT molecular complexity index is 702. The Kier molecular flexibility index (Phi) is 8.60. The van der Waals surface area contributed by atoms with Crippen LogP contribution in [0.3, 0.4) is 0 Å². The average Bonchev–Trinajstić information content (AvgIpc) is 2.62. The zero-order valence-corrected chi connectivity index (χ0v) is 16.8. The Morgan fingerprint density at radius 3 is 2.15 bits per heavy atom. The van der Waals surface area contributed by atoms with Crippen LogP contribution in [0.2, 0.25) is 10.3 Å². The standard InChI is InChI=1S/C20H25Cl2FN2O/c1-3-4-5-6-7-8-9-10-15-18(21)24-20(25-19(15)22)14-11-12-17(26-2)16(23)13-14/h11-13H,3-10H2,1-2H3. The highest BCUT2D eigenvalue weighted by atomic mass is 35.5. The van der Waals surface area contributed by atoms with Gasteiger partial charge in [-0.2, -0.15) is 0 Å². The van der Waals surface area contributed by atoms with Crippen LogP contribution in [-0.4, -0.2) is 17.1 Å². The second kappa shape index (κ2) is 10.7. The predicted octanol–water partition coefficient (Wildman–Crippen LogP) is 6.89. The molecule has 0 N–H and O–H groups in total. The fourth-order valence-corrected chi connectivity index (χ4v) is 3.41. The van der Waals surface area contributed by atoms with Crippen LogP contribution in [0.4, 0.5) is 4.39 Å². The van der Waals surface area contributed by atoms with E-state index >= 15 is 0 Å². The van der Waals surface area contributed by atoms with E-state index in [4.69, 9.17) is 27.9 Å². The zero-order chi connectivity index (χ0) is 18.9. The first-order valence-corrected chi connectivity index (χ1v) is 9.88. The third-order valence-electron chi connectivity index (χ3n) is 4.35. The number of aromatic nitrogens is 2. The van der Waals surface area contributed by atoms with E-state index in [1.807, 2.05) is 0 Å². The van der Waals surface area contributed by atoms with Crippen molar-refractivity contribution in [3.8, 4) is 17.1 Å². The Hall–Kier alpha value is -1.39. The van der Waals surface area contributed by atoms with Crippen molar-refractivity contribution in [3.63, 3.8) is 0 Å².